The summed E-state index contributed by atoms with van der Waals surface area (Å²) in [7, 11) is 0. The lowest BCUT2D eigenvalue weighted by Crippen LogP contribution is -3.00. The van der Waals surface area contributed by atoms with Gasteiger partial charge in [-0.2, -0.15) is 0 Å². The minimum absolute atomic E-state index is 0. The molecule has 0 saturated heterocycles. The Hall–Kier alpha value is -0.280. The molecule has 4 heteroatoms. The summed E-state index contributed by atoms with van der Waals surface area (Å²) in [5.74, 6) is 0.590. The predicted molar refractivity (Wildman–Crippen MR) is 114 cm³/mol. The second-order valence-corrected chi connectivity index (χ2v) is 8.83. The fourth-order valence-corrected chi connectivity index (χ4v) is 4.19. The fourth-order valence-electron chi connectivity index (χ4n) is 4.19. The first kappa shape index (κ1) is 26.7. The van der Waals surface area contributed by atoms with Gasteiger partial charge in [-0.15, -0.1) is 0 Å². The summed E-state index contributed by atoms with van der Waals surface area (Å²) in [6.45, 7) is 8.40. The quantitative estimate of drug-likeness (QED) is 0.290. The molecule has 0 spiro atoms. The molecule has 0 saturated carbocycles. The Balaban J connectivity index is 0.00000676. The summed E-state index contributed by atoms with van der Waals surface area (Å²) in [6, 6.07) is 0. The van der Waals surface area contributed by atoms with Crippen LogP contribution in [0.5, 0.6) is 0 Å². The highest BCUT2D eigenvalue weighted by atomic mass is 35.5. The zero-order valence-corrected chi connectivity index (χ0v) is 19.2. The summed E-state index contributed by atoms with van der Waals surface area (Å²) in [4.78, 5) is 0. The van der Waals surface area contributed by atoms with Crippen LogP contribution in [0.15, 0.2) is 0 Å². The molecule has 1 heterocycles. The first-order valence-corrected chi connectivity index (χ1v) is 11.6. The molecule has 0 fully saturated rings. The molecule has 27 heavy (non-hydrogen) atoms. The SMILES string of the molecule is CCCCCCCCCCCCCCCC(C)CC(C)(O)[N+]1=CNCC1.[Cl-]. The van der Waals surface area contributed by atoms with Crippen LogP contribution >= 0.6 is 0 Å². The number of hydrogen-bond donors (Lipinski definition) is 2. The fraction of sp³-hybridized carbons (Fsp3) is 0.957. The van der Waals surface area contributed by atoms with Gasteiger partial charge in [0.2, 0.25) is 12.1 Å². The van der Waals surface area contributed by atoms with E-state index in [0.29, 0.717) is 5.92 Å². The molecular weight excluding hydrogens is 356 g/mol. The van der Waals surface area contributed by atoms with Crippen LogP contribution in [0.25, 0.3) is 0 Å². The molecule has 1 aliphatic heterocycles. The third-order valence-electron chi connectivity index (χ3n) is 5.90. The molecule has 0 aromatic heterocycles. The second kappa shape index (κ2) is 16.7. The van der Waals surface area contributed by atoms with E-state index in [4.69, 9.17) is 0 Å². The Morgan fingerprint density at radius 1 is 0.926 bits per heavy atom. The molecule has 0 aliphatic carbocycles. The van der Waals surface area contributed by atoms with Crippen molar-refractivity contribution < 1.29 is 22.1 Å². The lowest BCUT2D eigenvalue weighted by Gasteiger charge is -2.25. The van der Waals surface area contributed by atoms with Crippen molar-refractivity contribution in [2.45, 2.75) is 123 Å². The van der Waals surface area contributed by atoms with Crippen LogP contribution in [-0.2, 0) is 0 Å². The lowest BCUT2D eigenvalue weighted by molar-refractivity contribution is -0.646. The number of aliphatic hydroxyl groups is 1. The van der Waals surface area contributed by atoms with Gasteiger partial charge in [-0.25, -0.2) is 4.58 Å². The van der Waals surface area contributed by atoms with Crippen LogP contribution < -0.4 is 17.7 Å². The van der Waals surface area contributed by atoms with Gasteiger partial charge in [0.15, 0.2) is 0 Å². The third-order valence-corrected chi connectivity index (χ3v) is 5.90. The Morgan fingerprint density at radius 3 is 1.85 bits per heavy atom. The van der Waals surface area contributed by atoms with E-state index in [9.17, 15) is 5.11 Å². The maximum atomic E-state index is 10.6. The van der Waals surface area contributed by atoms with Gasteiger partial charge < -0.3 is 17.5 Å². The number of rotatable bonds is 17. The average molecular weight is 403 g/mol. The van der Waals surface area contributed by atoms with Crippen LogP contribution in [0.3, 0.4) is 0 Å². The normalized spacial score (nSPS) is 17.0. The topological polar surface area (TPSA) is 35.3 Å². The summed E-state index contributed by atoms with van der Waals surface area (Å²) < 4.78 is 2.05. The number of nitrogens with zero attached hydrogens (tertiary/aromatic N) is 1. The number of halogens is 1. The lowest BCUT2D eigenvalue weighted by atomic mass is 9.93. The van der Waals surface area contributed by atoms with Gasteiger partial charge in [0.05, 0.1) is 0 Å². The highest BCUT2D eigenvalue weighted by Crippen LogP contribution is 2.23. The Bertz CT molecular complexity index is 371. The van der Waals surface area contributed by atoms with E-state index in [2.05, 4.69) is 19.2 Å². The van der Waals surface area contributed by atoms with Gasteiger partial charge in [0.25, 0.3) is 0 Å². The summed E-state index contributed by atoms with van der Waals surface area (Å²) in [5.41, 5.74) is -0.695. The molecule has 1 rings (SSSR count). The second-order valence-electron chi connectivity index (χ2n) is 8.83. The number of hydrogen-bond acceptors (Lipinski definition) is 2. The molecule has 2 atom stereocenters. The van der Waals surface area contributed by atoms with E-state index in [0.717, 1.165) is 19.5 Å². The smallest absolute Gasteiger partial charge is 0.234 e. The maximum Gasteiger partial charge on any atom is 0.234 e. The number of nitrogens with one attached hydrogen (secondary N) is 1. The van der Waals surface area contributed by atoms with E-state index >= 15 is 0 Å². The monoisotopic (exact) mass is 402 g/mol. The zero-order valence-electron chi connectivity index (χ0n) is 18.4. The van der Waals surface area contributed by atoms with Crippen LogP contribution in [0.4, 0.5) is 0 Å². The van der Waals surface area contributed by atoms with Crippen molar-refractivity contribution in [3.63, 3.8) is 0 Å². The third kappa shape index (κ3) is 13.5. The van der Waals surface area contributed by atoms with Gasteiger partial charge >= 0.3 is 0 Å². The van der Waals surface area contributed by atoms with Gasteiger partial charge in [-0.3, -0.25) is 5.32 Å². The highest BCUT2D eigenvalue weighted by molar-refractivity contribution is 5.49. The first-order chi connectivity index (χ1) is 12.6. The van der Waals surface area contributed by atoms with Crippen molar-refractivity contribution >= 4 is 6.34 Å². The molecule has 0 bridgehead atoms. The molecule has 1 aliphatic rings. The predicted octanol–water partition coefficient (Wildman–Crippen LogP) is 2.85. The van der Waals surface area contributed by atoms with Crippen molar-refractivity contribution in [3.8, 4) is 0 Å². The van der Waals surface area contributed by atoms with Crippen molar-refractivity contribution in [2.75, 3.05) is 13.1 Å². The van der Waals surface area contributed by atoms with E-state index in [1.165, 1.54) is 89.9 Å². The van der Waals surface area contributed by atoms with E-state index in [-0.39, 0.29) is 12.4 Å². The van der Waals surface area contributed by atoms with Crippen LogP contribution in [-0.4, -0.2) is 34.8 Å². The Morgan fingerprint density at radius 2 is 1.41 bits per heavy atom. The van der Waals surface area contributed by atoms with E-state index in [1.807, 2.05) is 17.8 Å². The summed E-state index contributed by atoms with van der Waals surface area (Å²) in [6.07, 6.45) is 22.4. The molecular formula is C23H47ClN2O. The minimum atomic E-state index is -0.695. The summed E-state index contributed by atoms with van der Waals surface area (Å²) >= 11 is 0. The molecule has 162 valence electrons. The van der Waals surface area contributed by atoms with E-state index in [1.54, 1.807) is 0 Å². The average Bonchev–Trinajstić information content (AvgIpc) is 3.14. The minimum Gasteiger partial charge on any atom is -1.00 e. The molecule has 0 radical (unpaired) electrons. The molecule has 0 aromatic carbocycles. The molecule has 0 aromatic rings. The van der Waals surface area contributed by atoms with Crippen LogP contribution in [0, 0.1) is 5.92 Å². The molecule has 0 amide bonds. The maximum absolute atomic E-state index is 10.6. The summed E-state index contributed by atoms with van der Waals surface area (Å²) in [5, 5.41) is 13.8. The Labute approximate surface area is 175 Å². The standard InChI is InChI=1S/C23H46N2O.ClH/c1-4-5-6-7-8-9-10-11-12-13-14-15-16-17-22(2)20-23(3,26)25-19-18-24-21-25;/h21-22,26H,4-20H2,1-3H3;1H. The van der Waals surface area contributed by atoms with Gasteiger partial charge in [-0.1, -0.05) is 104 Å². The zero-order chi connectivity index (χ0) is 19.1. The van der Waals surface area contributed by atoms with Crippen molar-refractivity contribution in [3.05, 3.63) is 0 Å². The van der Waals surface area contributed by atoms with E-state index < -0.39 is 5.72 Å². The van der Waals surface area contributed by atoms with Crippen molar-refractivity contribution in [1.29, 1.82) is 0 Å². The van der Waals surface area contributed by atoms with Crippen LogP contribution in [0.2, 0.25) is 0 Å². The first-order valence-electron chi connectivity index (χ1n) is 11.6. The number of unbranched alkanes of at least 4 members (excludes halogenated alkanes) is 12. The Kier molecular flexibility index (Phi) is 16.5. The molecule has 3 nitrogen and oxygen atoms in total. The van der Waals surface area contributed by atoms with Gasteiger partial charge in [0.1, 0.15) is 13.1 Å². The highest BCUT2D eigenvalue weighted by Gasteiger charge is 2.32. The van der Waals surface area contributed by atoms with Crippen molar-refractivity contribution in [1.82, 2.24) is 5.32 Å². The van der Waals surface area contributed by atoms with Crippen molar-refractivity contribution in [2.24, 2.45) is 5.92 Å². The van der Waals surface area contributed by atoms with Crippen LogP contribution in [0.1, 0.15) is 117 Å². The molecule has 2 N–H and O–H groups in total. The van der Waals surface area contributed by atoms with Gasteiger partial charge in [0, 0.05) is 13.3 Å². The largest absolute Gasteiger partial charge is 1.00 e. The molecule has 2 unspecified atom stereocenters. The van der Waals surface area contributed by atoms with Gasteiger partial charge in [-0.05, 0) is 5.92 Å².